The van der Waals surface area contributed by atoms with Gasteiger partial charge in [0.2, 0.25) is 15.9 Å². The Morgan fingerprint density at radius 2 is 1.80 bits per heavy atom. The second-order valence-electron chi connectivity index (χ2n) is 9.32. The van der Waals surface area contributed by atoms with Crippen LogP contribution in [-0.4, -0.2) is 55.3 Å². The highest BCUT2D eigenvalue weighted by Gasteiger charge is 2.38. The zero-order valence-electron chi connectivity index (χ0n) is 18.1. The summed E-state index contributed by atoms with van der Waals surface area (Å²) in [5.74, 6) is -0.484. The largest absolute Gasteiger partial charge is 0.444 e. The second-order valence-corrected chi connectivity index (χ2v) is 11.2. The maximum absolute atomic E-state index is 13.2. The summed E-state index contributed by atoms with van der Waals surface area (Å²) in [5, 5.41) is -0.653. The summed E-state index contributed by atoms with van der Waals surface area (Å²) in [6.45, 7) is 6.37. The Kier molecular flexibility index (Phi) is 6.62. The maximum atomic E-state index is 13.2. The Morgan fingerprint density at radius 3 is 2.40 bits per heavy atom. The van der Waals surface area contributed by atoms with Crippen LogP contribution in [0.3, 0.4) is 0 Å². The molecule has 0 spiro atoms. The van der Waals surface area contributed by atoms with Crippen LogP contribution in [0.25, 0.3) is 0 Å². The summed E-state index contributed by atoms with van der Waals surface area (Å²) in [7, 11) is -3.61. The molecule has 0 radical (unpaired) electrons. The zero-order chi connectivity index (χ0) is 22.1. The molecule has 9 heteroatoms. The van der Waals surface area contributed by atoms with Gasteiger partial charge in [-0.3, -0.25) is 4.79 Å². The molecule has 0 bridgehead atoms. The number of nitrogens with two attached hydrogens (primary N) is 1. The summed E-state index contributed by atoms with van der Waals surface area (Å²) < 4.78 is 34.6. The molecule has 1 heterocycles. The third kappa shape index (κ3) is 5.24. The van der Waals surface area contributed by atoms with Crippen molar-refractivity contribution in [2.45, 2.75) is 82.6 Å². The van der Waals surface area contributed by atoms with E-state index in [9.17, 15) is 18.0 Å². The molecule has 3 N–H and O–H groups in total. The molecule has 1 aliphatic heterocycles. The number of carbonyl (C=O) groups excluding carboxylic acids is 2. The van der Waals surface area contributed by atoms with Crippen LogP contribution >= 0.6 is 0 Å². The van der Waals surface area contributed by atoms with Crippen molar-refractivity contribution in [1.29, 1.82) is 0 Å². The molecule has 30 heavy (non-hydrogen) atoms. The van der Waals surface area contributed by atoms with Crippen molar-refractivity contribution in [2.75, 3.05) is 13.1 Å². The molecular weight excluding hydrogens is 406 g/mol. The molecule has 168 valence electrons. The molecule has 2 amide bonds. The standard InChI is InChI=1S/C21H33N3O5S/c1-21(2,3)29-20(26)24-12-10-14(11-13-24)23-30(27,28)18-9-8-17(19(22)25)15-6-4-5-7-16(15)18/h8,14,18,23H,4-7,9-13H2,1-3H3,(H2,22,25). The van der Waals surface area contributed by atoms with E-state index < -0.39 is 26.8 Å². The van der Waals surface area contributed by atoms with Crippen molar-refractivity contribution in [1.82, 2.24) is 9.62 Å². The average molecular weight is 440 g/mol. The number of nitrogens with zero attached hydrogens (tertiary/aromatic N) is 1. The summed E-state index contributed by atoms with van der Waals surface area (Å²) in [5.41, 5.74) is 7.11. The van der Waals surface area contributed by atoms with Crippen molar-refractivity contribution in [2.24, 2.45) is 5.73 Å². The van der Waals surface area contributed by atoms with Gasteiger partial charge in [-0.15, -0.1) is 0 Å². The Morgan fingerprint density at radius 1 is 1.17 bits per heavy atom. The smallest absolute Gasteiger partial charge is 0.410 e. The highest BCUT2D eigenvalue weighted by atomic mass is 32.2. The molecule has 3 aliphatic rings. The Hall–Kier alpha value is -1.87. The molecule has 8 nitrogen and oxygen atoms in total. The fraction of sp³-hybridized carbons (Fsp3) is 0.714. The predicted octanol–water partition coefficient (Wildman–Crippen LogP) is 2.36. The lowest BCUT2D eigenvalue weighted by molar-refractivity contribution is -0.114. The number of amides is 2. The van der Waals surface area contributed by atoms with Gasteiger partial charge >= 0.3 is 6.09 Å². The number of allylic oxidation sites excluding steroid dienone is 1. The number of likely N-dealkylation sites (tertiary alicyclic amines) is 1. The quantitative estimate of drug-likeness (QED) is 0.697. The Labute approximate surface area is 178 Å². The average Bonchev–Trinajstić information content (AvgIpc) is 2.65. The van der Waals surface area contributed by atoms with E-state index in [0.717, 1.165) is 24.0 Å². The first-order chi connectivity index (χ1) is 14.0. The van der Waals surface area contributed by atoms with Crippen molar-refractivity contribution in [3.05, 3.63) is 22.8 Å². The van der Waals surface area contributed by atoms with Crippen LogP contribution in [0, 0.1) is 0 Å². The van der Waals surface area contributed by atoms with E-state index in [-0.39, 0.29) is 18.6 Å². The second kappa shape index (κ2) is 8.70. The number of sulfonamides is 1. The summed E-state index contributed by atoms with van der Waals surface area (Å²) >= 11 is 0. The van der Waals surface area contributed by atoms with Crippen molar-refractivity contribution >= 4 is 22.0 Å². The summed E-state index contributed by atoms with van der Waals surface area (Å²) in [4.78, 5) is 25.6. The fourth-order valence-corrected chi connectivity index (χ4v) is 6.31. The number of hydrogen-bond acceptors (Lipinski definition) is 5. The normalized spacial score (nSPS) is 23.6. The summed E-state index contributed by atoms with van der Waals surface area (Å²) in [6, 6.07) is -0.220. The lowest BCUT2D eigenvalue weighted by atomic mass is 9.81. The molecule has 3 rings (SSSR count). The number of piperidine rings is 1. The number of hydrogen-bond donors (Lipinski definition) is 2. The van der Waals surface area contributed by atoms with Crippen molar-refractivity contribution < 1.29 is 22.7 Å². The van der Waals surface area contributed by atoms with E-state index in [4.69, 9.17) is 10.5 Å². The highest BCUT2D eigenvalue weighted by Crippen LogP contribution is 2.38. The molecule has 0 saturated carbocycles. The highest BCUT2D eigenvalue weighted by molar-refractivity contribution is 7.90. The van der Waals surface area contributed by atoms with Crippen LogP contribution in [0.5, 0.6) is 0 Å². The van der Waals surface area contributed by atoms with Crippen LogP contribution < -0.4 is 10.5 Å². The molecule has 2 aliphatic carbocycles. The van der Waals surface area contributed by atoms with Gasteiger partial charge in [0.1, 0.15) is 10.9 Å². The SMILES string of the molecule is CC(C)(C)OC(=O)N1CCC(NS(=O)(=O)C2CC=C(C(N)=O)C3=C2CCCC3)CC1. The van der Waals surface area contributed by atoms with Gasteiger partial charge in [0.25, 0.3) is 0 Å². The van der Waals surface area contributed by atoms with Gasteiger partial charge in [-0.05, 0) is 76.9 Å². The van der Waals surface area contributed by atoms with Crippen LogP contribution in [0.4, 0.5) is 4.79 Å². The minimum Gasteiger partial charge on any atom is -0.444 e. The molecule has 1 saturated heterocycles. The van der Waals surface area contributed by atoms with Gasteiger partial charge in [0, 0.05) is 24.7 Å². The lowest BCUT2D eigenvalue weighted by Gasteiger charge is -2.35. The molecule has 0 aromatic rings. The molecular formula is C21H33N3O5S. The summed E-state index contributed by atoms with van der Waals surface area (Å²) in [6.07, 6.45) is 5.91. The van der Waals surface area contributed by atoms with E-state index in [1.165, 1.54) is 0 Å². The van der Waals surface area contributed by atoms with E-state index in [1.54, 1.807) is 11.0 Å². The van der Waals surface area contributed by atoms with Crippen LogP contribution in [0.2, 0.25) is 0 Å². The molecule has 1 unspecified atom stereocenters. The van der Waals surface area contributed by atoms with E-state index in [2.05, 4.69) is 4.72 Å². The first-order valence-electron chi connectivity index (χ1n) is 10.7. The van der Waals surface area contributed by atoms with Crippen molar-refractivity contribution in [3.8, 4) is 0 Å². The third-order valence-corrected chi connectivity index (χ3v) is 7.77. The van der Waals surface area contributed by atoms with Crippen LogP contribution in [0.1, 0.15) is 65.7 Å². The Bertz CT molecular complexity index is 862. The Balaban J connectivity index is 1.65. The molecule has 1 fully saturated rings. The number of rotatable bonds is 4. The zero-order valence-corrected chi connectivity index (χ0v) is 18.9. The van der Waals surface area contributed by atoms with Gasteiger partial charge in [-0.25, -0.2) is 17.9 Å². The first-order valence-corrected chi connectivity index (χ1v) is 12.2. The lowest BCUT2D eigenvalue weighted by Crippen LogP contribution is -2.50. The minimum absolute atomic E-state index is 0.220. The van der Waals surface area contributed by atoms with E-state index in [0.29, 0.717) is 44.3 Å². The van der Waals surface area contributed by atoms with Gasteiger partial charge in [-0.1, -0.05) is 6.08 Å². The van der Waals surface area contributed by atoms with Crippen LogP contribution in [0.15, 0.2) is 22.8 Å². The predicted molar refractivity (Wildman–Crippen MR) is 114 cm³/mol. The van der Waals surface area contributed by atoms with Gasteiger partial charge in [0.05, 0.1) is 0 Å². The third-order valence-electron chi connectivity index (χ3n) is 5.88. The van der Waals surface area contributed by atoms with E-state index in [1.807, 2.05) is 20.8 Å². The van der Waals surface area contributed by atoms with Gasteiger partial charge < -0.3 is 15.4 Å². The monoisotopic (exact) mass is 439 g/mol. The van der Waals surface area contributed by atoms with Gasteiger partial charge in [-0.2, -0.15) is 0 Å². The first kappa shape index (κ1) is 22.8. The minimum atomic E-state index is -3.61. The maximum Gasteiger partial charge on any atom is 0.410 e. The number of primary amides is 1. The van der Waals surface area contributed by atoms with E-state index >= 15 is 0 Å². The number of ether oxygens (including phenoxy) is 1. The van der Waals surface area contributed by atoms with Gasteiger partial charge in [0.15, 0.2) is 0 Å². The molecule has 0 aromatic carbocycles. The topological polar surface area (TPSA) is 119 Å². The molecule has 1 atom stereocenters. The number of nitrogens with one attached hydrogen (secondary N) is 1. The molecule has 0 aromatic heterocycles. The fourth-order valence-electron chi connectivity index (χ4n) is 4.47. The number of carbonyl (C=O) groups is 2. The van der Waals surface area contributed by atoms with Crippen LogP contribution in [-0.2, 0) is 19.6 Å². The van der Waals surface area contributed by atoms with Crippen molar-refractivity contribution in [3.63, 3.8) is 0 Å².